The van der Waals surface area contributed by atoms with Crippen LogP contribution in [0.4, 0.5) is 4.39 Å². The van der Waals surface area contributed by atoms with E-state index in [1.54, 1.807) is 6.07 Å². The van der Waals surface area contributed by atoms with Crippen molar-refractivity contribution in [3.63, 3.8) is 0 Å². The zero-order valence-corrected chi connectivity index (χ0v) is 11.1. The Hall–Kier alpha value is -1.63. The molecule has 0 aliphatic carbocycles. The third kappa shape index (κ3) is 4.33. The molecule has 0 aliphatic rings. The Kier molecular flexibility index (Phi) is 5.08. The van der Waals surface area contributed by atoms with E-state index in [4.69, 9.17) is 10.5 Å². The lowest BCUT2D eigenvalue weighted by Gasteiger charge is -2.10. The van der Waals surface area contributed by atoms with E-state index in [-0.39, 0.29) is 5.75 Å². The van der Waals surface area contributed by atoms with Gasteiger partial charge in [-0.1, -0.05) is 15.9 Å². The summed E-state index contributed by atoms with van der Waals surface area (Å²) in [6.45, 7) is 0.830. The summed E-state index contributed by atoms with van der Waals surface area (Å²) in [5, 5.41) is 0. The van der Waals surface area contributed by atoms with Gasteiger partial charge in [-0.2, -0.15) is 0 Å². The second-order valence-electron chi connectivity index (χ2n) is 3.40. The van der Waals surface area contributed by atoms with E-state index >= 15 is 0 Å². The summed E-state index contributed by atoms with van der Waals surface area (Å²) in [5.41, 5.74) is 4.91. The molecule has 0 fully saturated rings. The van der Waals surface area contributed by atoms with Gasteiger partial charge >= 0.3 is 5.97 Å². The molecule has 1 amide bonds. The van der Waals surface area contributed by atoms with Crippen LogP contribution in [-0.2, 0) is 14.3 Å². The monoisotopic (exact) mass is 319 g/mol. The highest BCUT2D eigenvalue weighted by Gasteiger charge is 2.15. The van der Waals surface area contributed by atoms with Gasteiger partial charge in [0.1, 0.15) is 0 Å². The highest BCUT2D eigenvalue weighted by molar-refractivity contribution is 9.10. The predicted octanol–water partition coefficient (Wildman–Crippen LogP) is 1.38. The normalized spacial score (nSPS) is 11.7. The van der Waals surface area contributed by atoms with Crippen molar-refractivity contribution < 1.29 is 23.5 Å². The van der Waals surface area contributed by atoms with Crippen LogP contribution in [0.3, 0.4) is 0 Å². The van der Waals surface area contributed by atoms with Crippen LogP contribution < -0.4 is 10.5 Å². The Morgan fingerprint density at radius 1 is 1.50 bits per heavy atom. The van der Waals surface area contributed by atoms with Gasteiger partial charge in [-0.05, 0) is 25.1 Å². The van der Waals surface area contributed by atoms with E-state index in [2.05, 4.69) is 20.7 Å². The lowest BCUT2D eigenvalue weighted by molar-refractivity contribution is -0.155. The van der Waals surface area contributed by atoms with Gasteiger partial charge < -0.3 is 15.2 Å². The SMILES string of the molecule is C[C@H](OC(=O)COc1ccc(Br)cc1F)C(N)=O. The van der Waals surface area contributed by atoms with Gasteiger partial charge in [-0.15, -0.1) is 0 Å². The van der Waals surface area contributed by atoms with E-state index < -0.39 is 30.4 Å². The molecule has 0 aromatic heterocycles. The molecule has 5 nitrogen and oxygen atoms in total. The molecule has 0 heterocycles. The summed E-state index contributed by atoms with van der Waals surface area (Å²) in [7, 11) is 0. The minimum Gasteiger partial charge on any atom is -0.479 e. The van der Waals surface area contributed by atoms with E-state index in [1.165, 1.54) is 19.1 Å². The highest BCUT2D eigenvalue weighted by Crippen LogP contribution is 2.21. The number of benzene rings is 1. The zero-order chi connectivity index (χ0) is 13.7. The molecular formula is C11H11BrFNO4. The minimum atomic E-state index is -1.05. The van der Waals surface area contributed by atoms with Crippen molar-refractivity contribution >= 4 is 27.8 Å². The Morgan fingerprint density at radius 3 is 2.72 bits per heavy atom. The number of primary amides is 1. The van der Waals surface area contributed by atoms with Gasteiger partial charge in [0.15, 0.2) is 24.3 Å². The number of nitrogens with two attached hydrogens (primary N) is 1. The minimum absolute atomic E-state index is 0.0816. The molecule has 0 aliphatic heterocycles. The average molecular weight is 320 g/mol. The van der Waals surface area contributed by atoms with Gasteiger partial charge in [0.25, 0.3) is 5.91 Å². The van der Waals surface area contributed by atoms with Crippen LogP contribution in [0, 0.1) is 5.82 Å². The molecule has 0 bridgehead atoms. The summed E-state index contributed by atoms with van der Waals surface area (Å²) < 4.78 is 23.4. The predicted molar refractivity (Wildman–Crippen MR) is 64.3 cm³/mol. The van der Waals surface area contributed by atoms with Crippen LogP contribution >= 0.6 is 15.9 Å². The highest BCUT2D eigenvalue weighted by atomic mass is 79.9. The van der Waals surface area contributed by atoms with Crippen LogP contribution in [0.25, 0.3) is 0 Å². The number of carbonyl (C=O) groups excluding carboxylic acids is 2. The first-order valence-corrected chi connectivity index (χ1v) is 5.76. The summed E-state index contributed by atoms with van der Waals surface area (Å²) in [6, 6.07) is 4.13. The van der Waals surface area contributed by atoms with Crippen LogP contribution in [0.2, 0.25) is 0 Å². The van der Waals surface area contributed by atoms with Crippen LogP contribution in [-0.4, -0.2) is 24.6 Å². The Labute approximate surface area is 111 Å². The second kappa shape index (κ2) is 6.34. The molecular weight excluding hydrogens is 309 g/mol. The average Bonchev–Trinajstić information content (AvgIpc) is 2.27. The first kappa shape index (κ1) is 14.4. The van der Waals surface area contributed by atoms with Crippen molar-refractivity contribution in [3.8, 4) is 5.75 Å². The quantitative estimate of drug-likeness (QED) is 0.832. The first-order chi connectivity index (χ1) is 8.40. The van der Waals surface area contributed by atoms with Crippen LogP contribution in [0.1, 0.15) is 6.92 Å². The van der Waals surface area contributed by atoms with Gasteiger partial charge in [-0.25, -0.2) is 9.18 Å². The third-order valence-electron chi connectivity index (χ3n) is 1.95. The molecule has 18 heavy (non-hydrogen) atoms. The number of rotatable bonds is 5. The number of amides is 1. The van der Waals surface area contributed by atoms with Gasteiger partial charge in [0, 0.05) is 4.47 Å². The number of hydrogen-bond donors (Lipinski definition) is 1. The summed E-state index contributed by atoms with van der Waals surface area (Å²) in [4.78, 5) is 21.9. The van der Waals surface area contributed by atoms with Gasteiger partial charge in [0.2, 0.25) is 0 Å². The van der Waals surface area contributed by atoms with Crippen molar-refractivity contribution in [1.29, 1.82) is 0 Å². The molecule has 0 unspecified atom stereocenters. The lowest BCUT2D eigenvalue weighted by atomic mass is 10.3. The van der Waals surface area contributed by atoms with Crippen molar-refractivity contribution in [2.24, 2.45) is 5.73 Å². The summed E-state index contributed by atoms with van der Waals surface area (Å²) >= 11 is 3.09. The molecule has 0 saturated carbocycles. The molecule has 0 spiro atoms. The molecule has 1 aromatic carbocycles. The second-order valence-corrected chi connectivity index (χ2v) is 4.31. The summed E-state index contributed by atoms with van der Waals surface area (Å²) in [5.74, 6) is -2.26. The first-order valence-electron chi connectivity index (χ1n) is 4.97. The Bertz CT molecular complexity index is 466. The number of halogens is 2. The molecule has 1 atom stereocenters. The van der Waals surface area contributed by atoms with Crippen molar-refractivity contribution in [2.45, 2.75) is 13.0 Å². The molecule has 1 rings (SSSR count). The number of esters is 1. The fourth-order valence-electron chi connectivity index (χ4n) is 1.02. The Balaban J connectivity index is 2.50. The zero-order valence-electron chi connectivity index (χ0n) is 9.48. The maximum atomic E-state index is 13.3. The molecule has 1 aromatic rings. The van der Waals surface area contributed by atoms with E-state index in [0.717, 1.165) is 0 Å². The topological polar surface area (TPSA) is 78.6 Å². The van der Waals surface area contributed by atoms with Crippen molar-refractivity contribution in [1.82, 2.24) is 0 Å². The smallest absolute Gasteiger partial charge is 0.344 e. The molecule has 0 saturated heterocycles. The van der Waals surface area contributed by atoms with E-state index in [0.29, 0.717) is 4.47 Å². The molecule has 2 N–H and O–H groups in total. The number of hydrogen-bond acceptors (Lipinski definition) is 4. The number of ether oxygens (including phenoxy) is 2. The fraction of sp³-hybridized carbons (Fsp3) is 0.273. The molecule has 98 valence electrons. The Morgan fingerprint density at radius 2 is 2.17 bits per heavy atom. The molecule has 7 heteroatoms. The lowest BCUT2D eigenvalue weighted by Crippen LogP contribution is -2.32. The van der Waals surface area contributed by atoms with Crippen molar-refractivity contribution in [3.05, 3.63) is 28.5 Å². The van der Waals surface area contributed by atoms with Gasteiger partial charge in [0.05, 0.1) is 0 Å². The molecule has 0 radical (unpaired) electrons. The third-order valence-corrected chi connectivity index (χ3v) is 2.44. The maximum Gasteiger partial charge on any atom is 0.344 e. The van der Waals surface area contributed by atoms with Crippen molar-refractivity contribution in [2.75, 3.05) is 6.61 Å². The van der Waals surface area contributed by atoms with E-state index in [9.17, 15) is 14.0 Å². The standard InChI is InChI=1S/C11H11BrFNO4/c1-6(11(14)16)18-10(15)5-17-9-3-2-7(12)4-8(9)13/h2-4,6H,5H2,1H3,(H2,14,16)/t6-/m0/s1. The largest absolute Gasteiger partial charge is 0.479 e. The maximum absolute atomic E-state index is 13.3. The fourth-order valence-corrected chi connectivity index (χ4v) is 1.35. The van der Waals surface area contributed by atoms with E-state index in [1.807, 2.05) is 0 Å². The number of carbonyl (C=O) groups is 2. The summed E-state index contributed by atoms with van der Waals surface area (Å²) in [6.07, 6.45) is -1.05. The van der Waals surface area contributed by atoms with Crippen LogP contribution in [0.5, 0.6) is 5.75 Å². The van der Waals surface area contributed by atoms with Gasteiger partial charge in [-0.3, -0.25) is 4.79 Å². The van der Waals surface area contributed by atoms with Crippen LogP contribution in [0.15, 0.2) is 22.7 Å².